The summed E-state index contributed by atoms with van der Waals surface area (Å²) in [5.74, 6) is 0. The van der Waals surface area contributed by atoms with Crippen LogP contribution in [0.4, 0.5) is 18.3 Å². The van der Waals surface area contributed by atoms with Crippen molar-refractivity contribution in [1.29, 1.82) is 0 Å². The van der Waals surface area contributed by atoms with Crippen LogP contribution in [0.2, 0.25) is 0 Å². The van der Waals surface area contributed by atoms with Crippen LogP contribution in [0, 0.1) is 0 Å². The van der Waals surface area contributed by atoms with Crippen molar-refractivity contribution in [3.05, 3.63) is 23.8 Å². The maximum atomic E-state index is 12.9. The first-order chi connectivity index (χ1) is 12.5. The van der Waals surface area contributed by atoms with E-state index < -0.39 is 11.7 Å². The first-order valence-corrected chi connectivity index (χ1v) is 9.87. The maximum absolute atomic E-state index is 12.9. The molecule has 2 saturated heterocycles. The zero-order valence-electron chi connectivity index (χ0n) is 14.5. The van der Waals surface area contributed by atoms with E-state index >= 15 is 0 Å². The van der Waals surface area contributed by atoms with E-state index in [4.69, 9.17) is 4.74 Å². The van der Waals surface area contributed by atoms with Crippen LogP contribution in [0.3, 0.4) is 0 Å². The SMILES string of the molecule is FC(F)(F)c1ccc2sc(N3CCCCC3CN3CCOCC3)nc2c1. The predicted molar refractivity (Wildman–Crippen MR) is 96.9 cm³/mol. The molecule has 4 nitrogen and oxygen atoms in total. The lowest BCUT2D eigenvalue weighted by Crippen LogP contribution is -2.49. The van der Waals surface area contributed by atoms with Gasteiger partial charge >= 0.3 is 6.18 Å². The van der Waals surface area contributed by atoms with Gasteiger partial charge in [-0.05, 0) is 37.5 Å². The van der Waals surface area contributed by atoms with Crippen LogP contribution in [0.25, 0.3) is 10.2 Å². The molecule has 1 aromatic carbocycles. The molecule has 3 heterocycles. The van der Waals surface area contributed by atoms with Gasteiger partial charge in [0.1, 0.15) is 0 Å². The quantitative estimate of drug-likeness (QED) is 0.798. The van der Waals surface area contributed by atoms with Crippen molar-refractivity contribution < 1.29 is 17.9 Å². The third-order valence-corrected chi connectivity index (χ3v) is 6.22. The molecule has 26 heavy (non-hydrogen) atoms. The van der Waals surface area contributed by atoms with Crippen molar-refractivity contribution in [3.8, 4) is 0 Å². The number of ether oxygens (including phenoxy) is 1. The topological polar surface area (TPSA) is 28.6 Å². The number of halogens is 3. The second kappa shape index (κ2) is 7.32. The van der Waals surface area contributed by atoms with Crippen LogP contribution >= 0.6 is 11.3 Å². The van der Waals surface area contributed by atoms with Crippen LogP contribution in [0.1, 0.15) is 24.8 Å². The van der Waals surface area contributed by atoms with Crippen LogP contribution in [-0.4, -0.2) is 55.3 Å². The van der Waals surface area contributed by atoms with Crippen molar-refractivity contribution in [2.75, 3.05) is 44.3 Å². The third-order valence-electron chi connectivity index (χ3n) is 5.15. The fraction of sp³-hybridized carbons (Fsp3) is 0.611. The van der Waals surface area contributed by atoms with E-state index in [9.17, 15) is 13.2 Å². The zero-order valence-corrected chi connectivity index (χ0v) is 15.3. The molecule has 0 amide bonds. The van der Waals surface area contributed by atoms with Crippen LogP contribution in [-0.2, 0) is 10.9 Å². The second-order valence-electron chi connectivity index (χ2n) is 6.93. The monoisotopic (exact) mass is 385 g/mol. The average Bonchev–Trinajstić information content (AvgIpc) is 3.05. The van der Waals surface area contributed by atoms with E-state index in [1.165, 1.54) is 17.8 Å². The molecule has 1 unspecified atom stereocenters. The van der Waals surface area contributed by atoms with E-state index in [1.54, 1.807) is 6.07 Å². The minimum atomic E-state index is -4.33. The summed E-state index contributed by atoms with van der Waals surface area (Å²) in [5.41, 5.74) is -0.194. The summed E-state index contributed by atoms with van der Waals surface area (Å²) in [6.45, 7) is 5.31. The Morgan fingerprint density at radius 2 is 1.96 bits per heavy atom. The third kappa shape index (κ3) is 3.82. The van der Waals surface area contributed by atoms with Crippen molar-refractivity contribution in [2.45, 2.75) is 31.5 Å². The molecule has 0 aliphatic carbocycles. The lowest BCUT2D eigenvalue weighted by molar-refractivity contribution is -0.137. The Bertz CT molecular complexity index is 758. The normalized spacial score (nSPS) is 22.9. The van der Waals surface area contributed by atoms with Crippen LogP contribution in [0.15, 0.2) is 18.2 Å². The van der Waals surface area contributed by atoms with Crippen molar-refractivity contribution in [3.63, 3.8) is 0 Å². The Morgan fingerprint density at radius 3 is 2.73 bits per heavy atom. The summed E-state index contributed by atoms with van der Waals surface area (Å²) in [6.07, 6.45) is -0.943. The molecular weight excluding hydrogens is 363 g/mol. The highest BCUT2D eigenvalue weighted by molar-refractivity contribution is 7.22. The Hall–Kier alpha value is -1.38. The lowest BCUT2D eigenvalue weighted by Gasteiger charge is -2.39. The van der Waals surface area contributed by atoms with Crippen molar-refractivity contribution in [2.24, 2.45) is 0 Å². The van der Waals surface area contributed by atoms with Gasteiger partial charge in [-0.1, -0.05) is 11.3 Å². The molecule has 0 radical (unpaired) electrons. The smallest absolute Gasteiger partial charge is 0.379 e. The molecule has 0 saturated carbocycles. The molecule has 1 atom stereocenters. The number of rotatable bonds is 3. The molecule has 2 aromatic rings. The van der Waals surface area contributed by atoms with E-state index in [0.717, 1.165) is 74.2 Å². The number of piperidine rings is 1. The highest BCUT2D eigenvalue weighted by Gasteiger charge is 2.32. The summed E-state index contributed by atoms with van der Waals surface area (Å²) < 4.78 is 45.1. The van der Waals surface area contributed by atoms with Crippen molar-refractivity contribution >= 4 is 26.7 Å². The standard InChI is InChI=1S/C18H22F3N3OS/c19-18(20,21)13-4-5-16-15(11-13)22-17(26-16)24-6-2-1-3-14(24)12-23-7-9-25-10-8-23/h4-5,11,14H,1-3,6-10,12H2. The van der Waals surface area contributed by atoms with Gasteiger partial charge in [-0.3, -0.25) is 4.90 Å². The highest BCUT2D eigenvalue weighted by Crippen LogP contribution is 2.36. The summed E-state index contributed by atoms with van der Waals surface area (Å²) in [7, 11) is 0. The van der Waals surface area contributed by atoms with Gasteiger partial charge in [-0.15, -0.1) is 0 Å². The van der Waals surface area contributed by atoms with Gasteiger partial charge in [-0.2, -0.15) is 13.2 Å². The maximum Gasteiger partial charge on any atom is 0.416 e. The number of fused-ring (bicyclic) bond motifs is 1. The lowest BCUT2D eigenvalue weighted by atomic mass is 10.0. The number of aromatic nitrogens is 1. The van der Waals surface area contributed by atoms with E-state index in [0.29, 0.717) is 11.6 Å². The molecule has 8 heteroatoms. The number of benzene rings is 1. The number of hydrogen-bond donors (Lipinski definition) is 0. The first-order valence-electron chi connectivity index (χ1n) is 9.05. The largest absolute Gasteiger partial charge is 0.416 e. The fourth-order valence-corrected chi connectivity index (χ4v) is 4.78. The molecule has 142 valence electrons. The highest BCUT2D eigenvalue weighted by atomic mass is 32.1. The molecule has 4 rings (SSSR count). The number of nitrogens with zero attached hydrogens (tertiary/aromatic N) is 3. The van der Waals surface area contributed by atoms with Crippen LogP contribution < -0.4 is 4.90 Å². The average molecular weight is 385 g/mol. The number of alkyl halides is 3. The number of hydrogen-bond acceptors (Lipinski definition) is 5. The Balaban J connectivity index is 1.57. The van der Waals surface area contributed by atoms with Gasteiger partial charge in [0, 0.05) is 32.2 Å². The summed E-state index contributed by atoms with van der Waals surface area (Å²) in [5, 5.41) is 0.845. The minimum absolute atomic E-state index is 0.365. The van der Waals surface area contributed by atoms with Gasteiger partial charge in [0.15, 0.2) is 5.13 Å². The van der Waals surface area contributed by atoms with E-state index in [-0.39, 0.29) is 0 Å². The number of thiazole rings is 1. The molecular formula is C18H22F3N3OS. The van der Waals surface area contributed by atoms with E-state index in [2.05, 4.69) is 14.8 Å². The number of morpholine rings is 1. The molecule has 0 spiro atoms. The zero-order chi connectivity index (χ0) is 18.1. The van der Waals surface area contributed by atoms with E-state index in [1.807, 2.05) is 0 Å². The summed E-state index contributed by atoms with van der Waals surface area (Å²) in [4.78, 5) is 9.28. The molecule has 1 aromatic heterocycles. The Morgan fingerprint density at radius 1 is 1.15 bits per heavy atom. The molecule has 2 aliphatic rings. The Labute approximate surface area is 154 Å². The summed E-state index contributed by atoms with van der Waals surface area (Å²) in [6, 6.07) is 4.21. The minimum Gasteiger partial charge on any atom is -0.379 e. The van der Waals surface area contributed by atoms with Crippen molar-refractivity contribution in [1.82, 2.24) is 9.88 Å². The molecule has 0 bridgehead atoms. The molecule has 2 fully saturated rings. The Kier molecular flexibility index (Phi) is 5.07. The second-order valence-corrected chi connectivity index (χ2v) is 7.94. The fourth-order valence-electron chi connectivity index (χ4n) is 3.74. The molecule has 2 aliphatic heterocycles. The first kappa shape index (κ1) is 18.0. The predicted octanol–water partition coefficient (Wildman–Crippen LogP) is 4.01. The van der Waals surface area contributed by atoms with Gasteiger partial charge in [-0.25, -0.2) is 4.98 Å². The van der Waals surface area contributed by atoms with Gasteiger partial charge < -0.3 is 9.64 Å². The number of anilines is 1. The van der Waals surface area contributed by atoms with Crippen LogP contribution in [0.5, 0.6) is 0 Å². The van der Waals surface area contributed by atoms with Gasteiger partial charge in [0.2, 0.25) is 0 Å². The summed E-state index contributed by atoms with van der Waals surface area (Å²) >= 11 is 1.49. The van der Waals surface area contributed by atoms with Gasteiger partial charge in [0.05, 0.1) is 29.0 Å². The van der Waals surface area contributed by atoms with Gasteiger partial charge in [0.25, 0.3) is 0 Å². The molecule has 0 N–H and O–H groups in total.